The fourth-order valence-corrected chi connectivity index (χ4v) is 3.34. The van der Waals surface area contributed by atoms with Gasteiger partial charge in [-0.05, 0) is 50.7 Å². The molecule has 0 radical (unpaired) electrons. The third kappa shape index (κ3) is 4.15. The van der Waals surface area contributed by atoms with Crippen molar-refractivity contribution in [3.05, 3.63) is 67.3 Å². The maximum atomic E-state index is 13.8. The highest BCUT2D eigenvalue weighted by molar-refractivity contribution is 14.1. The molecule has 116 valence electrons. The zero-order chi connectivity index (χ0) is 16.2. The molecule has 1 aromatic heterocycles. The van der Waals surface area contributed by atoms with E-state index in [0.717, 1.165) is 19.3 Å². The Morgan fingerprint density at radius 3 is 2.83 bits per heavy atom. The fraction of sp³-hybridized carbons (Fsp3) is 0. The Hall–Kier alpha value is -1.32. The molecule has 0 spiro atoms. The first-order valence-electron chi connectivity index (χ1n) is 6.58. The Kier molecular flexibility index (Phi) is 5.39. The number of aromatic nitrogens is 1. The largest absolute Gasteiger partial charge is 0.253 e. The van der Waals surface area contributed by atoms with Crippen LogP contribution in [0.25, 0.3) is 11.3 Å². The molecule has 0 bridgehead atoms. The second kappa shape index (κ2) is 7.50. The second-order valence-corrected chi connectivity index (χ2v) is 7.44. The average Bonchev–Trinajstić information content (AvgIpc) is 3.02. The standard InChI is InChI=1S/C16H10BrFIN3S/c17-12-7-13(18)11(6-14(12)19)8-20-22-16-21-15(9-23-16)10-4-2-1-3-5-10/h1-9H,(H,21,22). The lowest BCUT2D eigenvalue weighted by molar-refractivity contribution is 0.624. The van der Waals surface area contributed by atoms with Gasteiger partial charge in [0.15, 0.2) is 0 Å². The van der Waals surface area contributed by atoms with Crippen LogP contribution in [0.3, 0.4) is 0 Å². The summed E-state index contributed by atoms with van der Waals surface area (Å²) >= 11 is 6.88. The lowest BCUT2D eigenvalue weighted by Crippen LogP contribution is -1.94. The summed E-state index contributed by atoms with van der Waals surface area (Å²) in [6.45, 7) is 0. The molecule has 3 nitrogen and oxygen atoms in total. The van der Waals surface area contributed by atoms with Crippen molar-refractivity contribution < 1.29 is 4.39 Å². The number of hydrogen-bond donors (Lipinski definition) is 1. The molecule has 3 rings (SSSR count). The average molecular weight is 502 g/mol. The molecule has 0 aliphatic carbocycles. The van der Waals surface area contributed by atoms with Gasteiger partial charge < -0.3 is 0 Å². The van der Waals surface area contributed by atoms with Gasteiger partial charge in [0.1, 0.15) is 5.82 Å². The van der Waals surface area contributed by atoms with Gasteiger partial charge >= 0.3 is 0 Å². The Balaban J connectivity index is 1.72. The van der Waals surface area contributed by atoms with E-state index in [9.17, 15) is 4.39 Å². The van der Waals surface area contributed by atoms with Crippen LogP contribution in [0.15, 0.2) is 57.4 Å². The molecule has 0 aliphatic heterocycles. The molecular weight excluding hydrogens is 492 g/mol. The van der Waals surface area contributed by atoms with Crippen LogP contribution in [0.5, 0.6) is 0 Å². The molecule has 0 amide bonds. The monoisotopic (exact) mass is 501 g/mol. The van der Waals surface area contributed by atoms with Crippen LogP contribution in [0.4, 0.5) is 9.52 Å². The summed E-state index contributed by atoms with van der Waals surface area (Å²) in [6, 6.07) is 13.1. The van der Waals surface area contributed by atoms with Gasteiger partial charge in [0.2, 0.25) is 5.13 Å². The van der Waals surface area contributed by atoms with Gasteiger partial charge in [-0.25, -0.2) is 9.37 Å². The van der Waals surface area contributed by atoms with Gasteiger partial charge in [-0.3, -0.25) is 5.43 Å². The highest BCUT2D eigenvalue weighted by atomic mass is 127. The number of thiazole rings is 1. The van der Waals surface area contributed by atoms with Crippen molar-refractivity contribution in [3.8, 4) is 11.3 Å². The van der Waals surface area contributed by atoms with E-state index in [2.05, 4.69) is 54.0 Å². The number of nitrogens with one attached hydrogen (secondary N) is 1. The summed E-state index contributed by atoms with van der Waals surface area (Å²) in [7, 11) is 0. The number of anilines is 1. The van der Waals surface area contributed by atoms with Gasteiger partial charge in [-0.15, -0.1) is 11.3 Å². The number of benzene rings is 2. The van der Waals surface area contributed by atoms with Crippen molar-refractivity contribution in [1.82, 2.24) is 4.98 Å². The van der Waals surface area contributed by atoms with Gasteiger partial charge in [-0.1, -0.05) is 30.3 Å². The molecule has 0 saturated heterocycles. The topological polar surface area (TPSA) is 37.3 Å². The van der Waals surface area contributed by atoms with Crippen LogP contribution >= 0.6 is 49.9 Å². The number of nitrogens with zero attached hydrogens (tertiary/aromatic N) is 2. The molecule has 0 atom stereocenters. The van der Waals surface area contributed by atoms with Crippen LogP contribution in [0.2, 0.25) is 0 Å². The molecule has 1 heterocycles. The van der Waals surface area contributed by atoms with E-state index in [1.54, 1.807) is 6.07 Å². The molecular formula is C16H10BrFIN3S. The first kappa shape index (κ1) is 16.5. The smallest absolute Gasteiger partial charge is 0.203 e. The molecule has 7 heteroatoms. The van der Waals surface area contributed by atoms with Crippen molar-refractivity contribution in [2.75, 3.05) is 5.43 Å². The summed E-state index contributed by atoms with van der Waals surface area (Å²) in [6.07, 6.45) is 1.45. The minimum atomic E-state index is -0.327. The van der Waals surface area contributed by atoms with Crippen LogP contribution < -0.4 is 5.43 Å². The predicted molar refractivity (Wildman–Crippen MR) is 106 cm³/mol. The van der Waals surface area contributed by atoms with E-state index >= 15 is 0 Å². The maximum absolute atomic E-state index is 13.8. The van der Waals surface area contributed by atoms with E-state index in [4.69, 9.17) is 0 Å². The Bertz CT molecular complexity index is 852. The third-order valence-electron chi connectivity index (χ3n) is 2.98. The summed E-state index contributed by atoms with van der Waals surface area (Å²) in [5.41, 5.74) is 5.20. The lowest BCUT2D eigenvalue weighted by atomic mass is 10.2. The van der Waals surface area contributed by atoms with Crippen molar-refractivity contribution in [2.24, 2.45) is 5.10 Å². The number of hydrogen-bond acceptors (Lipinski definition) is 4. The molecule has 0 aliphatic rings. The molecule has 2 aromatic carbocycles. The Morgan fingerprint density at radius 2 is 2.04 bits per heavy atom. The number of rotatable bonds is 4. The summed E-state index contributed by atoms with van der Waals surface area (Å²) < 4.78 is 15.5. The zero-order valence-electron chi connectivity index (χ0n) is 11.6. The number of hydrazone groups is 1. The van der Waals surface area contributed by atoms with Crippen LogP contribution in [-0.4, -0.2) is 11.2 Å². The van der Waals surface area contributed by atoms with Gasteiger partial charge in [-0.2, -0.15) is 5.10 Å². The Morgan fingerprint density at radius 1 is 1.26 bits per heavy atom. The molecule has 3 aromatic rings. The van der Waals surface area contributed by atoms with E-state index in [-0.39, 0.29) is 5.82 Å². The molecule has 23 heavy (non-hydrogen) atoms. The summed E-state index contributed by atoms with van der Waals surface area (Å²) in [5.74, 6) is -0.327. The van der Waals surface area contributed by atoms with Crippen molar-refractivity contribution in [3.63, 3.8) is 0 Å². The van der Waals surface area contributed by atoms with E-state index < -0.39 is 0 Å². The quantitative estimate of drug-likeness (QED) is 0.213. The lowest BCUT2D eigenvalue weighted by Gasteiger charge is -2.00. The molecule has 1 N–H and O–H groups in total. The van der Waals surface area contributed by atoms with Crippen molar-refractivity contribution >= 4 is 61.2 Å². The first-order valence-corrected chi connectivity index (χ1v) is 9.33. The fourth-order valence-electron chi connectivity index (χ4n) is 1.86. The van der Waals surface area contributed by atoms with Crippen LogP contribution in [-0.2, 0) is 0 Å². The van der Waals surface area contributed by atoms with E-state index in [1.165, 1.54) is 23.6 Å². The van der Waals surface area contributed by atoms with Crippen molar-refractivity contribution in [1.29, 1.82) is 0 Å². The minimum absolute atomic E-state index is 0.327. The normalized spacial score (nSPS) is 11.1. The van der Waals surface area contributed by atoms with Gasteiger partial charge in [0.25, 0.3) is 0 Å². The summed E-state index contributed by atoms with van der Waals surface area (Å²) in [4.78, 5) is 4.46. The van der Waals surface area contributed by atoms with Gasteiger partial charge in [0.05, 0.1) is 11.9 Å². The first-order chi connectivity index (χ1) is 11.1. The maximum Gasteiger partial charge on any atom is 0.203 e. The third-order valence-corrected chi connectivity index (χ3v) is 6.01. The highest BCUT2D eigenvalue weighted by Crippen LogP contribution is 2.25. The van der Waals surface area contributed by atoms with E-state index in [0.29, 0.717) is 10.7 Å². The van der Waals surface area contributed by atoms with Gasteiger partial charge in [0, 0.05) is 24.5 Å². The molecule has 0 saturated carbocycles. The predicted octanol–water partition coefficient (Wildman–Crippen LogP) is 5.76. The second-order valence-electron chi connectivity index (χ2n) is 4.56. The van der Waals surface area contributed by atoms with Crippen LogP contribution in [0, 0.1) is 9.39 Å². The molecule has 0 fully saturated rings. The zero-order valence-corrected chi connectivity index (χ0v) is 16.2. The van der Waals surface area contributed by atoms with Crippen LogP contribution in [0.1, 0.15) is 5.56 Å². The summed E-state index contributed by atoms with van der Waals surface area (Å²) in [5, 5.41) is 6.68. The number of halogens is 3. The molecule has 0 unspecified atom stereocenters. The Labute approximate surface area is 158 Å². The van der Waals surface area contributed by atoms with E-state index in [1.807, 2.05) is 35.7 Å². The van der Waals surface area contributed by atoms with Crippen molar-refractivity contribution in [2.45, 2.75) is 0 Å². The minimum Gasteiger partial charge on any atom is -0.253 e. The SMILES string of the molecule is Fc1cc(Br)c(I)cc1C=NNc1nc(-c2ccccc2)cs1. The highest BCUT2D eigenvalue weighted by Gasteiger charge is 2.05.